The van der Waals surface area contributed by atoms with E-state index in [-0.39, 0.29) is 18.4 Å². The molecule has 1 aromatic rings. The Labute approximate surface area is 228 Å². The van der Waals surface area contributed by atoms with Crippen molar-refractivity contribution in [3.63, 3.8) is 0 Å². The number of ether oxygens (including phenoxy) is 5. The van der Waals surface area contributed by atoms with E-state index in [9.17, 15) is 34.8 Å². The summed E-state index contributed by atoms with van der Waals surface area (Å²) < 4.78 is 27.6. The summed E-state index contributed by atoms with van der Waals surface area (Å²) in [5.74, 6) is -3.33. The monoisotopic (exact) mass is 561 g/mol. The van der Waals surface area contributed by atoms with Gasteiger partial charge in [0.05, 0.1) is 32.0 Å². The molecule has 1 aromatic carbocycles. The fourth-order valence-electron chi connectivity index (χ4n) is 5.98. The Morgan fingerprint density at radius 2 is 1.93 bits per heavy atom. The molecule has 13 nitrogen and oxygen atoms in total. The average Bonchev–Trinajstić information content (AvgIpc) is 3.43. The second kappa shape index (κ2) is 10.9. The molecule has 0 saturated carbocycles. The van der Waals surface area contributed by atoms with Crippen molar-refractivity contribution in [1.29, 1.82) is 0 Å². The lowest BCUT2D eigenvalue weighted by Crippen LogP contribution is -2.60. The van der Waals surface area contributed by atoms with Gasteiger partial charge in [0.2, 0.25) is 12.2 Å². The maximum absolute atomic E-state index is 13.3. The molecule has 10 unspecified atom stereocenters. The van der Waals surface area contributed by atoms with Gasteiger partial charge in [0.1, 0.15) is 35.9 Å². The minimum atomic E-state index is -1.70. The summed E-state index contributed by atoms with van der Waals surface area (Å²) in [6.45, 7) is 3.19. The van der Waals surface area contributed by atoms with E-state index >= 15 is 0 Å². The van der Waals surface area contributed by atoms with Crippen molar-refractivity contribution >= 4 is 23.5 Å². The number of carbonyl (C=O) groups is 3. The molecule has 2 saturated heterocycles. The molecular formula is C27H31NO12. The topological polar surface area (TPSA) is 190 Å². The number of esters is 2. The minimum absolute atomic E-state index is 0.0248. The van der Waals surface area contributed by atoms with Crippen LogP contribution in [0.1, 0.15) is 18.4 Å². The number of anilines is 1. The standard InChI is InChI=1S/C27H31NO12/c1-3-12-13(8-18-27(9-19(30)39-18)15-6-4-5-7-16(15)28-26(27)35)14(23(34)36-2)11-37-24(12)40-25-22(33)21(32)20(31)17(10-29)38-25/h3-7,11-13,17-18,20-22,24-25,29,31-33H,1,8-10H2,2H3,(H,28,35). The van der Waals surface area contributed by atoms with Gasteiger partial charge in [-0.05, 0) is 18.1 Å². The van der Waals surface area contributed by atoms with E-state index in [2.05, 4.69) is 11.9 Å². The number of aliphatic hydroxyl groups is 4. The van der Waals surface area contributed by atoms with Crippen LogP contribution in [0.2, 0.25) is 0 Å². The van der Waals surface area contributed by atoms with E-state index in [1.54, 1.807) is 24.3 Å². The molecule has 4 aliphatic rings. The van der Waals surface area contributed by atoms with Gasteiger partial charge in [-0.1, -0.05) is 24.3 Å². The second-order valence-electron chi connectivity index (χ2n) is 10.2. The molecule has 4 heterocycles. The molecule has 2 fully saturated rings. The van der Waals surface area contributed by atoms with Crippen molar-refractivity contribution in [2.24, 2.45) is 11.8 Å². The van der Waals surface area contributed by atoms with E-state index in [0.717, 1.165) is 6.26 Å². The number of aliphatic hydroxyl groups excluding tert-OH is 4. The van der Waals surface area contributed by atoms with E-state index in [0.29, 0.717) is 11.3 Å². The Morgan fingerprint density at radius 3 is 2.62 bits per heavy atom. The number of cyclic esters (lactones) is 1. The van der Waals surface area contributed by atoms with Crippen LogP contribution in [0.5, 0.6) is 0 Å². The third-order valence-corrected chi connectivity index (χ3v) is 8.09. The van der Waals surface area contributed by atoms with Crippen molar-refractivity contribution in [1.82, 2.24) is 0 Å². The molecule has 40 heavy (non-hydrogen) atoms. The number of amides is 1. The second-order valence-corrected chi connectivity index (χ2v) is 10.2. The number of methoxy groups -OCH3 is 1. The maximum Gasteiger partial charge on any atom is 0.337 e. The van der Waals surface area contributed by atoms with Gasteiger partial charge in [-0.2, -0.15) is 0 Å². The number of carbonyl (C=O) groups excluding carboxylic acids is 3. The van der Waals surface area contributed by atoms with Crippen LogP contribution in [0.4, 0.5) is 5.69 Å². The molecule has 1 amide bonds. The van der Waals surface area contributed by atoms with Crippen LogP contribution in [-0.4, -0.2) is 95.1 Å². The number of fused-ring (bicyclic) bond motifs is 2. The minimum Gasteiger partial charge on any atom is -0.471 e. The van der Waals surface area contributed by atoms with Crippen LogP contribution in [0.3, 0.4) is 0 Å². The maximum atomic E-state index is 13.3. The molecule has 10 atom stereocenters. The van der Waals surface area contributed by atoms with E-state index < -0.39 is 84.8 Å². The zero-order chi connectivity index (χ0) is 28.8. The van der Waals surface area contributed by atoms with E-state index in [1.165, 1.54) is 13.2 Å². The van der Waals surface area contributed by atoms with Crippen molar-refractivity contribution < 1.29 is 58.5 Å². The lowest BCUT2D eigenvalue weighted by Gasteiger charge is -2.43. The highest BCUT2D eigenvalue weighted by Crippen LogP contribution is 2.51. The van der Waals surface area contributed by atoms with Gasteiger partial charge in [-0.25, -0.2) is 4.79 Å². The Hall–Kier alpha value is -3.33. The summed E-state index contributed by atoms with van der Waals surface area (Å²) >= 11 is 0. The largest absolute Gasteiger partial charge is 0.471 e. The molecule has 0 radical (unpaired) electrons. The van der Waals surface area contributed by atoms with Gasteiger partial charge in [0.25, 0.3) is 0 Å². The van der Waals surface area contributed by atoms with Crippen molar-refractivity contribution in [2.75, 3.05) is 19.0 Å². The van der Waals surface area contributed by atoms with Gasteiger partial charge in [0, 0.05) is 17.5 Å². The SMILES string of the molecule is C=CC1C(OC2OC(CO)C(O)C(O)C2O)OC=C(C(=O)OC)C1CC1OC(=O)CC12C(=O)Nc1ccccc12. The molecule has 0 aliphatic carbocycles. The Kier molecular flexibility index (Phi) is 7.70. The zero-order valence-electron chi connectivity index (χ0n) is 21.5. The van der Waals surface area contributed by atoms with E-state index in [1.807, 2.05) is 0 Å². The summed E-state index contributed by atoms with van der Waals surface area (Å²) in [6, 6.07) is 6.99. The zero-order valence-corrected chi connectivity index (χ0v) is 21.5. The molecule has 0 bridgehead atoms. The van der Waals surface area contributed by atoms with Crippen LogP contribution in [0.25, 0.3) is 0 Å². The molecule has 5 N–H and O–H groups in total. The summed E-state index contributed by atoms with van der Waals surface area (Å²) in [5.41, 5.74) is -0.0794. The van der Waals surface area contributed by atoms with Gasteiger partial charge in [-0.3, -0.25) is 9.59 Å². The molecule has 5 rings (SSSR count). The van der Waals surface area contributed by atoms with Gasteiger partial charge < -0.3 is 49.4 Å². The number of benzene rings is 1. The van der Waals surface area contributed by atoms with E-state index in [4.69, 9.17) is 23.7 Å². The van der Waals surface area contributed by atoms with Gasteiger partial charge in [-0.15, -0.1) is 6.58 Å². The normalized spacial score (nSPS) is 38.6. The predicted octanol–water partition coefficient (Wildman–Crippen LogP) is -0.770. The third kappa shape index (κ3) is 4.48. The summed E-state index contributed by atoms with van der Waals surface area (Å²) in [4.78, 5) is 38.7. The highest BCUT2D eigenvalue weighted by molar-refractivity contribution is 6.09. The molecule has 216 valence electrons. The van der Waals surface area contributed by atoms with Crippen LogP contribution in [0, 0.1) is 11.8 Å². The highest BCUT2D eigenvalue weighted by atomic mass is 16.8. The summed E-state index contributed by atoms with van der Waals surface area (Å²) in [5, 5.41) is 43.0. The van der Waals surface area contributed by atoms with Crippen molar-refractivity contribution in [3.05, 3.63) is 54.3 Å². The Morgan fingerprint density at radius 1 is 1.18 bits per heavy atom. The summed E-state index contributed by atoms with van der Waals surface area (Å²) in [7, 11) is 1.19. The first kappa shape index (κ1) is 28.2. The Bertz CT molecular complexity index is 1220. The average molecular weight is 562 g/mol. The van der Waals surface area contributed by atoms with Gasteiger partial charge in [0.15, 0.2) is 6.29 Å². The number of hydrogen-bond donors (Lipinski definition) is 5. The predicted molar refractivity (Wildman–Crippen MR) is 133 cm³/mol. The van der Waals surface area contributed by atoms with Crippen molar-refractivity contribution in [2.45, 2.75) is 61.4 Å². The molecule has 0 aromatic heterocycles. The van der Waals surface area contributed by atoms with Crippen molar-refractivity contribution in [3.8, 4) is 0 Å². The first-order valence-corrected chi connectivity index (χ1v) is 12.8. The Balaban J connectivity index is 1.46. The molecular weight excluding hydrogens is 530 g/mol. The number of hydrogen-bond acceptors (Lipinski definition) is 12. The fourth-order valence-corrected chi connectivity index (χ4v) is 5.98. The highest BCUT2D eigenvalue weighted by Gasteiger charge is 2.61. The smallest absolute Gasteiger partial charge is 0.337 e. The third-order valence-electron chi connectivity index (χ3n) is 8.09. The van der Waals surface area contributed by atoms with Crippen LogP contribution >= 0.6 is 0 Å². The quantitative estimate of drug-likeness (QED) is 0.207. The summed E-state index contributed by atoms with van der Waals surface area (Å²) in [6.07, 6.45) is -7.58. The molecule has 13 heteroatoms. The first-order valence-electron chi connectivity index (χ1n) is 12.8. The van der Waals surface area contributed by atoms with Crippen LogP contribution in [-0.2, 0) is 43.5 Å². The molecule has 1 spiro atoms. The van der Waals surface area contributed by atoms with Crippen LogP contribution in [0.15, 0.2) is 48.8 Å². The lowest BCUT2D eigenvalue weighted by molar-refractivity contribution is -0.339. The lowest BCUT2D eigenvalue weighted by atomic mass is 9.70. The molecule has 4 aliphatic heterocycles. The number of rotatable bonds is 7. The van der Waals surface area contributed by atoms with Gasteiger partial charge >= 0.3 is 11.9 Å². The van der Waals surface area contributed by atoms with Crippen LogP contribution < -0.4 is 5.32 Å². The number of para-hydroxylation sites is 1. The fraction of sp³-hybridized carbons (Fsp3) is 0.519. The number of nitrogens with one attached hydrogen (secondary N) is 1. The first-order chi connectivity index (χ1) is 19.2.